The van der Waals surface area contributed by atoms with Gasteiger partial charge in [0.2, 0.25) is 0 Å². The number of carbonyl (C=O) groups is 1. The van der Waals surface area contributed by atoms with Gasteiger partial charge in [0.1, 0.15) is 0 Å². The summed E-state index contributed by atoms with van der Waals surface area (Å²) in [5, 5.41) is 0. The van der Waals surface area contributed by atoms with Crippen molar-refractivity contribution in [1.29, 1.82) is 0 Å². The van der Waals surface area contributed by atoms with Crippen molar-refractivity contribution in [3.05, 3.63) is 42.6 Å². The lowest BCUT2D eigenvalue weighted by Crippen LogP contribution is -2.33. The van der Waals surface area contributed by atoms with Crippen LogP contribution in [0.1, 0.15) is 0 Å². The molecule has 1 amide bonds. The second-order valence-electron chi connectivity index (χ2n) is 4.20. The van der Waals surface area contributed by atoms with Crippen molar-refractivity contribution < 1.29 is 9.53 Å². The number of amides is 1. The molecule has 2 rings (SSSR count). The molecule has 0 aliphatic carbocycles. The van der Waals surface area contributed by atoms with Crippen LogP contribution in [0.3, 0.4) is 0 Å². The van der Waals surface area contributed by atoms with Crippen LogP contribution in [0, 0.1) is 0 Å². The van der Waals surface area contributed by atoms with Crippen molar-refractivity contribution in [2.45, 2.75) is 0 Å². The van der Waals surface area contributed by atoms with E-state index in [0.29, 0.717) is 0 Å². The number of nitrogens with zero attached hydrogens (tertiary/aromatic N) is 2. The molecule has 0 radical (unpaired) electrons. The number of likely N-dealkylation sites (N-methyl/N-ethyl adjacent to an activating group) is 1. The van der Waals surface area contributed by atoms with Crippen molar-refractivity contribution in [1.82, 2.24) is 4.90 Å². The standard InChI is InChI=1S/C14H18N2O2/c1-15(13-5-3-2-4-6-13)14(17)7-8-16-9-11-18-12-10-16/h2-8H,9-12H2,1H3. The van der Waals surface area contributed by atoms with Gasteiger partial charge in [-0.2, -0.15) is 0 Å². The molecule has 1 fully saturated rings. The minimum absolute atomic E-state index is 0.0207. The predicted octanol–water partition coefficient (Wildman–Crippen LogP) is 1.50. The molecule has 1 saturated heterocycles. The van der Waals surface area contributed by atoms with Crippen molar-refractivity contribution in [3.63, 3.8) is 0 Å². The molecule has 1 aromatic rings. The smallest absolute Gasteiger partial charge is 0.252 e. The number of anilines is 1. The number of morpholine rings is 1. The molecule has 0 aromatic heterocycles. The summed E-state index contributed by atoms with van der Waals surface area (Å²) in [6, 6.07) is 9.61. The number of para-hydroxylation sites is 1. The van der Waals surface area contributed by atoms with Gasteiger partial charge >= 0.3 is 0 Å². The Labute approximate surface area is 107 Å². The van der Waals surface area contributed by atoms with E-state index in [1.807, 2.05) is 36.5 Å². The Morgan fingerprint density at radius 1 is 1.28 bits per heavy atom. The summed E-state index contributed by atoms with van der Waals surface area (Å²) in [5.74, 6) is -0.0207. The third kappa shape index (κ3) is 3.34. The Kier molecular flexibility index (Phi) is 4.36. The molecule has 1 heterocycles. The zero-order chi connectivity index (χ0) is 12.8. The monoisotopic (exact) mass is 246 g/mol. The Hall–Kier alpha value is -1.81. The number of rotatable bonds is 3. The number of hydrogen-bond donors (Lipinski definition) is 0. The molecule has 0 unspecified atom stereocenters. The van der Waals surface area contributed by atoms with Crippen LogP contribution < -0.4 is 4.90 Å². The highest BCUT2D eigenvalue weighted by Gasteiger charge is 2.09. The van der Waals surface area contributed by atoms with Crippen LogP contribution >= 0.6 is 0 Å². The maximum absolute atomic E-state index is 12.0. The van der Waals surface area contributed by atoms with E-state index in [1.54, 1.807) is 18.0 Å². The minimum Gasteiger partial charge on any atom is -0.378 e. The molecule has 1 aliphatic rings. The fourth-order valence-corrected chi connectivity index (χ4v) is 1.79. The first kappa shape index (κ1) is 12.6. The third-order valence-electron chi connectivity index (χ3n) is 2.95. The summed E-state index contributed by atoms with van der Waals surface area (Å²) in [5.41, 5.74) is 0.897. The lowest BCUT2D eigenvalue weighted by atomic mass is 10.3. The number of carbonyl (C=O) groups excluding carboxylic acids is 1. The number of benzene rings is 1. The summed E-state index contributed by atoms with van der Waals surface area (Å²) in [6.07, 6.45) is 3.46. The van der Waals surface area contributed by atoms with Crippen LogP contribution in [0.2, 0.25) is 0 Å². The van der Waals surface area contributed by atoms with Gasteiger partial charge in [-0.25, -0.2) is 0 Å². The van der Waals surface area contributed by atoms with Gasteiger partial charge in [-0.3, -0.25) is 4.79 Å². The lowest BCUT2D eigenvalue weighted by Gasteiger charge is -2.25. The van der Waals surface area contributed by atoms with Gasteiger partial charge in [0.25, 0.3) is 5.91 Å². The maximum Gasteiger partial charge on any atom is 0.252 e. The first-order valence-electron chi connectivity index (χ1n) is 6.10. The summed E-state index contributed by atoms with van der Waals surface area (Å²) >= 11 is 0. The van der Waals surface area contributed by atoms with E-state index in [0.717, 1.165) is 32.0 Å². The Bertz CT molecular complexity index is 411. The Morgan fingerprint density at radius 3 is 2.61 bits per heavy atom. The quantitative estimate of drug-likeness (QED) is 0.758. The molecular weight excluding hydrogens is 228 g/mol. The van der Waals surface area contributed by atoms with Crippen molar-refractivity contribution >= 4 is 11.6 Å². The second kappa shape index (κ2) is 6.21. The molecular formula is C14H18N2O2. The van der Waals surface area contributed by atoms with Crippen LogP contribution in [0.4, 0.5) is 5.69 Å². The van der Waals surface area contributed by atoms with Gasteiger partial charge in [-0.15, -0.1) is 0 Å². The fraction of sp³-hybridized carbons (Fsp3) is 0.357. The highest BCUT2D eigenvalue weighted by atomic mass is 16.5. The zero-order valence-corrected chi connectivity index (χ0v) is 10.6. The van der Waals surface area contributed by atoms with Gasteiger partial charge in [0.05, 0.1) is 13.2 Å². The van der Waals surface area contributed by atoms with Crippen LogP contribution in [-0.2, 0) is 9.53 Å². The summed E-state index contributed by atoms with van der Waals surface area (Å²) in [4.78, 5) is 15.7. The topological polar surface area (TPSA) is 32.8 Å². The van der Waals surface area contributed by atoms with Crippen molar-refractivity contribution in [2.75, 3.05) is 38.3 Å². The maximum atomic E-state index is 12.0. The van der Waals surface area contributed by atoms with E-state index in [-0.39, 0.29) is 5.91 Å². The fourth-order valence-electron chi connectivity index (χ4n) is 1.79. The second-order valence-corrected chi connectivity index (χ2v) is 4.20. The predicted molar refractivity (Wildman–Crippen MR) is 71.4 cm³/mol. The van der Waals surface area contributed by atoms with Crippen molar-refractivity contribution in [2.24, 2.45) is 0 Å². The molecule has 1 aromatic carbocycles. The van der Waals surface area contributed by atoms with Crippen LogP contribution in [0.15, 0.2) is 42.6 Å². The molecule has 4 heteroatoms. The lowest BCUT2D eigenvalue weighted by molar-refractivity contribution is -0.114. The molecule has 4 nitrogen and oxygen atoms in total. The van der Waals surface area contributed by atoms with Crippen LogP contribution in [0.25, 0.3) is 0 Å². The molecule has 1 aliphatic heterocycles. The van der Waals surface area contributed by atoms with Crippen LogP contribution in [-0.4, -0.2) is 44.2 Å². The van der Waals surface area contributed by atoms with E-state index in [9.17, 15) is 4.79 Å². The molecule has 0 saturated carbocycles. The Morgan fingerprint density at radius 2 is 1.94 bits per heavy atom. The molecule has 0 spiro atoms. The Balaban J connectivity index is 1.93. The highest BCUT2D eigenvalue weighted by molar-refractivity contribution is 6.00. The molecule has 96 valence electrons. The summed E-state index contributed by atoms with van der Waals surface area (Å²) < 4.78 is 5.25. The molecule has 0 N–H and O–H groups in total. The van der Waals surface area contributed by atoms with Crippen molar-refractivity contribution in [3.8, 4) is 0 Å². The SMILES string of the molecule is CN(C(=O)C=CN1CCOCC1)c1ccccc1. The normalized spacial score (nSPS) is 15.9. The van der Waals surface area contributed by atoms with Crippen LogP contribution in [0.5, 0.6) is 0 Å². The average molecular weight is 246 g/mol. The summed E-state index contributed by atoms with van der Waals surface area (Å²) in [7, 11) is 1.78. The van der Waals surface area contributed by atoms with E-state index in [2.05, 4.69) is 4.90 Å². The molecule has 0 atom stereocenters. The van der Waals surface area contributed by atoms with E-state index in [1.165, 1.54) is 0 Å². The first-order valence-corrected chi connectivity index (χ1v) is 6.10. The van der Waals surface area contributed by atoms with E-state index < -0.39 is 0 Å². The average Bonchev–Trinajstić information content (AvgIpc) is 2.46. The minimum atomic E-state index is -0.0207. The van der Waals surface area contributed by atoms with Gasteiger partial charge in [-0.05, 0) is 12.1 Å². The first-order chi connectivity index (χ1) is 8.77. The third-order valence-corrected chi connectivity index (χ3v) is 2.95. The molecule has 18 heavy (non-hydrogen) atoms. The highest BCUT2D eigenvalue weighted by Crippen LogP contribution is 2.11. The van der Waals surface area contributed by atoms with Gasteiger partial charge in [-0.1, -0.05) is 18.2 Å². The van der Waals surface area contributed by atoms with E-state index in [4.69, 9.17) is 4.74 Å². The van der Waals surface area contributed by atoms with Gasteiger partial charge in [0, 0.05) is 38.1 Å². The van der Waals surface area contributed by atoms with E-state index >= 15 is 0 Å². The molecule has 0 bridgehead atoms. The zero-order valence-electron chi connectivity index (χ0n) is 10.6. The summed E-state index contributed by atoms with van der Waals surface area (Å²) in [6.45, 7) is 3.15. The largest absolute Gasteiger partial charge is 0.378 e. The number of ether oxygens (including phenoxy) is 1. The van der Waals surface area contributed by atoms with Gasteiger partial charge < -0.3 is 14.5 Å². The number of hydrogen-bond acceptors (Lipinski definition) is 3. The van der Waals surface area contributed by atoms with Gasteiger partial charge in [0.15, 0.2) is 0 Å².